The number of ether oxygens (including phenoxy) is 1. The molecule has 6 heteroatoms. The van der Waals surface area contributed by atoms with Gasteiger partial charge in [-0.3, -0.25) is 4.90 Å². The molecule has 0 amide bonds. The lowest BCUT2D eigenvalue weighted by Gasteiger charge is -2.31. The highest BCUT2D eigenvalue weighted by Gasteiger charge is 2.22. The Bertz CT molecular complexity index is 796. The molecule has 1 aliphatic heterocycles. The summed E-state index contributed by atoms with van der Waals surface area (Å²) in [4.78, 5) is 11.1. The number of nitrogens with zero attached hydrogens (tertiary/aromatic N) is 5. The maximum atomic E-state index is 5.98. The number of hydrogen-bond acceptors (Lipinski definition) is 5. The summed E-state index contributed by atoms with van der Waals surface area (Å²) in [7, 11) is 0. The molecule has 0 bridgehead atoms. The molecule has 4 rings (SSSR count). The van der Waals surface area contributed by atoms with Gasteiger partial charge in [-0.1, -0.05) is 17.7 Å². The quantitative estimate of drug-likeness (QED) is 0.716. The Morgan fingerprint density at radius 1 is 1.24 bits per heavy atom. The molecule has 0 radical (unpaired) electrons. The molecule has 130 valence electrons. The van der Waals surface area contributed by atoms with Gasteiger partial charge in [0.1, 0.15) is 5.75 Å². The number of benzene rings is 1. The molecule has 1 aliphatic rings. The van der Waals surface area contributed by atoms with Crippen molar-refractivity contribution in [3.05, 3.63) is 54.1 Å². The van der Waals surface area contributed by atoms with Gasteiger partial charge in [0.05, 0.1) is 13.2 Å². The summed E-state index contributed by atoms with van der Waals surface area (Å²) in [5.74, 6) is 2.99. The first kappa shape index (κ1) is 16.0. The summed E-state index contributed by atoms with van der Waals surface area (Å²) >= 11 is 0. The van der Waals surface area contributed by atoms with Gasteiger partial charge in [-0.2, -0.15) is 4.98 Å². The van der Waals surface area contributed by atoms with E-state index in [4.69, 9.17) is 4.74 Å². The number of fused-ring (bicyclic) bond motifs is 1. The Balaban J connectivity index is 1.33. The second-order valence-electron chi connectivity index (χ2n) is 6.76. The molecule has 1 atom stereocenters. The van der Waals surface area contributed by atoms with Crippen LogP contribution in [0.2, 0.25) is 0 Å². The number of piperidine rings is 1. The van der Waals surface area contributed by atoms with E-state index in [0.29, 0.717) is 11.7 Å². The normalized spacial score (nSPS) is 18.5. The average molecular weight is 337 g/mol. The summed E-state index contributed by atoms with van der Waals surface area (Å²) in [5.41, 5.74) is 1.26. The first-order valence-electron chi connectivity index (χ1n) is 8.84. The fraction of sp³-hybridized carbons (Fsp3) is 0.421. The van der Waals surface area contributed by atoms with Crippen LogP contribution in [0.3, 0.4) is 0 Å². The Kier molecular flexibility index (Phi) is 4.61. The van der Waals surface area contributed by atoms with Gasteiger partial charge in [-0.05, 0) is 44.5 Å². The molecule has 2 aromatic heterocycles. The number of likely N-dealkylation sites (tertiary alicyclic amines) is 1. The summed E-state index contributed by atoms with van der Waals surface area (Å²) < 4.78 is 7.71. The highest BCUT2D eigenvalue weighted by Crippen LogP contribution is 2.20. The lowest BCUT2D eigenvalue weighted by Crippen LogP contribution is -2.37. The van der Waals surface area contributed by atoms with Crippen LogP contribution in [0, 0.1) is 12.8 Å². The maximum Gasteiger partial charge on any atom is 0.252 e. The van der Waals surface area contributed by atoms with Gasteiger partial charge in [-0.25, -0.2) is 9.50 Å². The van der Waals surface area contributed by atoms with Crippen molar-refractivity contribution in [3.8, 4) is 5.75 Å². The van der Waals surface area contributed by atoms with E-state index in [-0.39, 0.29) is 0 Å². The smallest absolute Gasteiger partial charge is 0.252 e. The zero-order chi connectivity index (χ0) is 17.1. The first-order valence-corrected chi connectivity index (χ1v) is 8.84. The minimum Gasteiger partial charge on any atom is -0.493 e. The number of hydrogen-bond donors (Lipinski definition) is 0. The Morgan fingerprint density at radius 2 is 2.12 bits per heavy atom. The summed E-state index contributed by atoms with van der Waals surface area (Å²) in [5, 5.41) is 4.50. The van der Waals surface area contributed by atoms with Crippen LogP contribution >= 0.6 is 0 Å². The molecular weight excluding hydrogens is 314 g/mol. The fourth-order valence-electron chi connectivity index (χ4n) is 3.32. The van der Waals surface area contributed by atoms with Crippen molar-refractivity contribution >= 4 is 5.78 Å². The Labute approximate surface area is 147 Å². The highest BCUT2D eigenvalue weighted by molar-refractivity contribution is 5.26. The van der Waals surface area contributed by atoms with E-state index >= 15 is 0 Å². The van der Waals surface area contributed by atoms with Crippen molar-refractivity contribution in [3.63, 3.8) is 0 Å². The van der Waals surface area contributed by atoms with Crippen molar-refractivity contribution < 1.29 is 4.74 Å². The molecule has 0 spiro atoms. The van der Waals surface area contributed by atoms with Crippen LogP contribution in [-0.2, 0) is 6.54 Å². The van der Waals surface area contributed by atoms with Crippen LogP contribution in [0.15, 0.2) is 42.7 Å². The van der Waals surface area contributed by atoms with Crippen molar-refractivity contribution in [2.75, 3.05) is 19.7 Å². The van der Waals surface area contributed by atoms with Gasteiger partial charge in [-0.15, -0.1) is 5.10 Å². The molecule has 3 heterocycles. The monoisotopic (exact) mass is 337 g/mol. The summed E-state index contributed by atoms with van der Waals surface area (Å²) in [6, 6.07) is 10.1. The van der Waals surface area contributed by atoms with E-state index in [0.717, 1.165) is 37.8 Å². The number of rotatable bonds is 5. The van der Waals surface area contributed by atoms with Gasteiger partial charge in [0.15, 0.2) is 5.82 Å². The average Bonchev–Trinajstić information content (AvgIpc) is 3.04. The predicted molar refractivity (Wildman–Crippen MR) is 95.5 cm³/mol. The standard InChI is InChI=1S/C19H23N5O/c1-15-5-7-17(8-6-15)25-14-16-4-2-10-23(12-16)13-18-21-19-20-9-3-11-24(19)22-18/h3,5-9,11,16H,2,4,10,12-14H2,1H3. The molecule has 0 aliphatic carbocycles. The number of aromatic nitrogens is 4. The summed E-state index contributed by atoms with van der Waals surface area (Å²) in [6.07, 6.45) is 6.02. The lowest BCUT2D eigenvalue weighted by atomic mass is 9.99. The lowest BCUT2D eigenvalue weighted by molar-refractivity contribution is 0.123. The molecule has 6 nitrogen and oxygen atoms in total. The largest absolute Gasteiger partial charge is 0.493 e. The van der Waals surface area contributed by atoms with E-state index < -0.39 is 0 Å². The van der Waals surface area contributed by atoms with Gasteiger partial charge >= 0.3 is 0 Å². The Morgan fingerprint density at radius 3 is 2.96 bits per heavy atom. The van der Waals surface area contributed by atoms with Gasteiger partial charge in [0, 0.05) is 24.9 Å². The van der Waals surface area contributed by atoms with E-state index in [1.54, 1.807) is 10.7 Å². The molecule has 25 heavy (non-hydrogen) atoms. The molecule has 1 aromatic carbocycles. The van der Waals surface area contributed by atoms with Crippen LogP contribution in [-0.4, -0.2) is 44.2 Å². The van der Waals surface area contributed by atoms with Gasteiger partial charge in [0.25, 0.3) is 5.78 Å². The first-order chi connectivity index (χ1) is 12.3. The minimum atomic E-state index is 0.546. The highest BCUT2D eigenvalue weighted by atomic mass is 16.5. The van der Waals surface area contributed by atoms with Crippen molar-refractivity contribution in [1.82, 2.24) is 24.5 Å². The third-order valence-corrected chi connectivity index (χ3v) is 4.64. The zero-order valence-corrected chi connectivity index (χ0v) is 14.5. The van der Waals surface area contributed by atoms with Crippen LogP contribution in [0.25, 0.3) is 5.78 Å². The Hall–Kier alpha value is -2.47. The minimum absolute atomic E-state index is 0.546. The molecule has 3 aromatic rings. The topological polar surface area (TPSA) is 55.5 Å². The summed E-state index contributed by atoms with van der Waals surface area (Å²) in [6.45, 7) is 5.73. The molecular formula is C19H23N5O. The predicted octanol–water partition coefficient (Wildman–Crippen LogP) is 2.72. The van der Waals surface area contributed by atoms with Crippen molar-refractivity contribution in [2.45, 2.75) is 26.3 Å². The molecule has 1 unspecified atom stereocenters. The van der Waals surface area contributed by atoms with Crippen molar-refractivity contribution in [1.29, 1.82) is 0 Å². The zero-order valence-electron chi connectivity index (χ0n) is 14.5. The second kappa shape index (κ2) is 7.19. The van der Waals surface area contributed by atoms with Crippen LogP contribution in [0.4, 0.5) is 0 Å². The molecule has 0 N–H and O–H groups in total. The van der Waals surface area contributed by atoms with E-state index in [1.807, 2.05) is 24.4 Å². The van der Waals surface area contributed by atoms with Crippen molar-refractivity contribution in [2.24, 2.45) is 5.92 Å². The maximum absolute atomic E-state index is 5.98. The van der Waals surface area contributed by atoms with Crippen LogP contribution in [0.1, 0.15) is 24.2 Å². The molecule has 0 saturated carbocycles. The van der Waals surface area contributed by atoms with E-state index in [9.17, 15) is 0 Å². The van der Waals surface area contributed by atoms with Crippen LogP contribution in [0.5, 0.6) is 5.75 Å². The fourth-order valence-corrected chi connectivity index (χ4v) is 3.32. The van der Waals surface area contributed by atoms with E-state index in [2.05, 4.69) is 39.0 Å². The third-order valence-electron chi connectivity index (χ3n) is 4.64. The van der Waals surface area contributed by atoms with E-state index in [1.165, 1.54) is 18.4 Å². The van der Waals surface area contributed by atoms with Crippen LogP contribution < -0.4 is 4.74 Å². The number of aryl methyl sites for hydroxylation is 1. The van der Waals surface area contributed by atoms with Gasteiger partial charge in [0.2, 0.25) is 0 Å². The molecule has 1 saturated heterocycles. The molecule has 1 fully saturated rings. The second-order valence-corrected chi connectivity index (χ2v) is 6.76. The SMILES string of the molecule is Cc1ccc(OCC2CCCN(Cc3nc4ncccn4n3)C2)cc1. The van der Waals surface area contributed by atoms with Gasteiger partial charge < -0.3 is 4.74 Å². The third kappa shape index (κ3) is 3.96.